The average molecular weight is 357 g/mol. The van der Waals surface area contributed by atoms with E-state index in [0.717, 1.165) is 25.3 Å². The first-order valence-corrected chi connectivity index (χ1v) is 8.48. The van der Waals surface area contributed by atoms with Crippen LogP contribution in [0.4, 0.5) is 4.39 Å². The van der Waals surface area contributed by atoms with Crippen molar-refractivity contribution >= 4 is 34.0 Å². The number of halogens is 3. The molecule has 0 saturated heterocycles. The van der Waals surface area contributed by atoms with Gasteiger partial charge in [0.15, 0.2) is 0 Å². The second-order valence-corrected chi connectivity index (χ2v) is 7.12. The lowest BCUT2D eigenvalue weighted by atomic mass is 9.85. The van der Waals surface area contributed by atoms with E-state index in [9.17, 15) is 12.8 Å². The summed E-state index contributed by atoms with van der Waals surface area (Å²) in [6, 6.07) is 3.57. The van der Waals surface area contributed by atoms with Crippen LogP contribution in [0.3, 0.4) is 0 Å². The van der Waals surface area contributed by atoms with Crippen molar-refractivity contribution in [1.82, 2.24) is 4.72 Å². The number of hydrogen-bond acceptors (Lipinski definition) is 3. The predicted molar refractivity (Wildman–Crippen MR) is 83.8 cm³/mol. The zero-order chi connectivity index (χ0) is 14.8. The highest BCUT2D eigenvalue weighted by atomic mass is 35.5. The fraction of sp³-hybridized carbons (Fsp3) is 0.538. The van der Waals surface area contributed by atoms with Crippen LogP contribution in [-0.2, 0) is 10.0 Å². The Morgan fingerprint density at radius 1 is 1.33 bits per heavy atom. The Balaban J connectivity index is 0.00000220. The Bertz CT molecular complexity index is 563. The summed E-state index contributed by atoms with van der Waals surface area (Å²) in [5.41, 5.74) is 5.68. The zero-order valence-corrected chi connectivity index (χ0v) is 13.8. The summed E-state index contributed by atoms with van der Waals surface area (Å²) in [5.74, 6) is -0.755. The van der Waals surface area contributed by atoms with Crippen LogP contribution in [0.5, 0.6) is 0 Å². The van der Waals surface area contributed by atoms with Crippen LogP contribution in [0.2, 0.25) is 5.02 Å². The number of sulfonamides is 1. The third kappa shape index (κ3) is 4.29. The fourth-order valence-electron chi connectivity index (χ4n) is 2.64. The van der Waals surface area contributed by atoms with Gasteiger partial charge in [0.2, 0.25) is 10.0 Å². The van der Waals surface area contributed by atoms with E-state index in [0.29, 0.717) is 13.0 Å². The van der Waals surface area contributed by atoms with Crippen LogP contribution in [0.1, 0.15) is 25.7 Å². The van der Waals surface area contributed by atoms with Gasteiger partial charge in [0.25, 0.3) is 0 Å². The van der Waals surface area contributed by atoms with Crippen LogP contribution in [0, 0.1) is 11.7 Å². The summed E-state index contributed by atoms with van der Waals surface area (Å²) in [6.07, 6.45) is 3.58. The Morgan fingerprint density at radius 2 is 2.00 bits per heavy atom. The highest BCUT2D eigenvalue weighted by Crippen LogP contribution is 2.28. The summed E-state index contributed by atoms with van der Waals surface area (Å²) in [6.45, 7) is 0.415. The van der Waals surface area contributed by atoms with Crippen LogP contribution >= 0.6 is 24.0 Å². The van der Waals surface area contributed by atoms with Gasteiger partial charge in [-0.2, -0.15) is 0 Å². The smallest absolute Gasteiger partial charge is 0.245 e. The molecule has 0 radical (unpaired) electrons. The number of nitrogens with one attached hydrogen (secondary N) is 1. The Labute approximate surface area is 135 Å². The standard InChI is InChI=1S/C13H18ClFN2O2S.ClH/c14-10-5-3-6-11(15)13(10)20(18,19)17-12-7-2-1-4-9(12)8-16;/h3,5-6,9,12,17H,1-2,4,7-8,16H2;1H. The second-order valence-electron chi connectivity index (χ2n) is 5.06. The largest absolute Gasteiger partial charge is 0.330 e. The van der Waals surface area contributed by atoms with E-state index in [-0.39, 0.29) is 29.4 Å². The molecule has 0 aromatic heterocycles. The number of rotatable bonds is 4. The molecule has 2 unspecified atom stereocenters. The maximum absolute atomic E-state index is 13.8. The van der Waals surface area contributed by atoms with E-state index in [1.54, 1.807) is 0 Å². The third-order valence-corrected chi connectivity index (χ3v) is 5.70. The van der Waals surface area contributed by atoms with Gasteiger partial charge in [0.1, 0.15) is 10.7 Å². The van der Waals surface area contributed by atoms with Gasteiger partial charge in [-0.05, 0) is 37.4 Å². The van der Waals surface area contributed by atoms with Gasteiger partial charge in [-0.1, -0.05) is 30.5 Å². The molecule has 3 N–H and O–H groups in total. The summed E-state index contributed by atoms with van der Waals surface area (Å²) >= 11 is 5.82. The average Bonchev–Trinajstić information content (AvgIpc) is 2.38. The fourth-order valence-corrected chi connectivity index (χ4v) is 4.59. The molecule has 0 spiro atoms. The van der Waals surface area contributed by atoms with Crippen molar-refractivity contribution in [3.8, 4) is 0 Å². The van der Waals surface area contributed by atoms with Crippen LogP contribution in [0.25, 0.3) is 0 Å². The van der Waals surface area contributed by atoms with E-state index in [4.69, 9.17) is 17.3 Å². The normalized spacial score (nSPS) is 22.6. The molecule has 0 aliphatic heterocycles. The lowest BCUT2D eigenvalue weighted by molar-refractivity contribution is 0.296. The van der Waals surface area contributed by atoms with Gasteiger partial charge < -0.3 is 5.73 Å². The van der Waals surface area contributed by atoms with Crippen molar-refractivity contribution in [1.29, 1.82) is 0 Å². The second kappa shape index (κ2) is 7.74. The van der Waals surface area contributed by atoms with Gasteiger partial charge in [-0.15, -0.1) is 12.4 Å². The monoisotopic (exact) mass is 356 g/mol. The maximum atomic E-state index is 13.8. The summed E-state index contributed by atoms with van der Waals surface area (Å²) < 4.78 is 41.0. The van der Waals surface area contributed by atoms with Crippen LogP contribution in [-0.4, -0.2) is 21.0 Å². The molecule has 21 heavy (non-hydrogen) atoms. The number of benzene rings is 1. The predicted octanol–water partition coefficient (Wildman–Crippen LogP) is 2.70. The molecule has 4 nitrogen and oxygen atoms in total. The highest BCUT2D eigenvalue weighted by molar-refractivity contribution is 7.89. The number of hydrogen-bond donors (Lipinski definition) is 2. The van der Waals surface area contributed by atoms with Gasteiger partial charge >= 0.3 is 0 Å². The maximum Gasteiger partial charge on any atom is 0.245 e. The molecule has 0 bridgehead atoms. The minimum absolute atomic E-state index is 0. The molecule has 0 heterocycles. The van der Waals surface area contributed by atoms with Gasteiger partial charge in [-0.25, -0.2) is 17.5 Å². The summed E-state index contributed by atoms with van der Waals surface area (Å²) in [4.78, 5) is -0.483. The van der Waals surface area contributed by atoms with E-state index in [2.05, 4.69) is 4.72 Å². The van der Waals surface area contributed by atoms with Crippen molar-refractivity contribution in [2.75, 3.05) is 6.54 Å². The Morgan fingerprint density at radius 3 is 2.62 bits per heavy atom. The minimum Gasteiger partial charge on any atom is -0.330 e. The first kappa shape index (κ1) is 18.6. The van der Waals surface area contributed by atoms with E-state index in [1.807, 2.05) is 0 Å². The molecule has 1 aliphatic carbocycles. The topological polar surface area (TPSA) is 72.2 Å². The number of nitrogens with two attached hydrogens (primary N) is 1. The summed E-state index contributed by atoms with van der Waals surface area (Å²) in [7, 11) is -3.98. The van der Waals surface area contributed by atoms with Crippen molar-refractivity contribution in [3.63, 3.8) is 0 Å². The molecular weight excluding hydrogens is 338 g/mol. The molecule has 2 rings (SSSR count). The zero-order valence-electron chi connectivity index (χ0n) is 11.4. The lowest BCUT2D eigenvalue weighted by Gasteiger charge is -2.31. The quantitative estimate of drug-likeness (QED) is 0.870. The van der Waals surface area contributed by atoms with Crippen molar-refractivity contribution in [2.24, 2.45) is 11.7 Å². The van der Waals surface area contributed by atoms with E-state index >= 15 is 0 Å². The molecule has 1 aromatic rings. The van der Waals surface area contributed by atoms with Gasteiger partial charge in [0.05, 0.1) is 5.02 Å². The van der Waals surface area contributed by atoms with Crippen molar-refractivity contribution in [3.05, 3.63) is 29.0 Å². The summed E-state index contributed by atoms with van der Waals surface area (Å²) in [5, 5.41) is -0.113. The van der Waals surface area contributed by atoms with Crippen molar-refractivity contribution in [2.45, 2.75) is 36.6 Å². The molecule has 0 amide bonds. The molecule has 1 fully saturated rings. The molecule has 1 aromatic carbocycles. The first-order valence-electron chi connectivity index (χ1n) is 6.62. The first-order chi connectivity index (χ1) is 9.45. The molecule has 120 valence electrons. The molecular formula is C13H19Cl2FN2O2S. The molecule has 8 heteroatoms. The van der Waals surface area contributed by atoms with E-state index < -0.39 is 20.7 Å². The third-order valence-electron chi connectivity index (χ3n) is 3.71. The Hall–Kier alpha value is -0.400. The van der Waals surface area contributed by atoms with Crippen LogP contribution in [0.15, 0.2) is 23.1 Å². The lowest BCUT2D eigenvalue weighted by Crippen LogP contribution is -2.44. The van der Waals surface area contributed by atoms with Gasteiger partial charge in [-0.3, -0.25) is 0 Å². The molecule has 2 atom stereocenters. The molecule has 1 aliphatic rings. The molecule has 1 saturated carbocycles. The van der Waals surface area contributed by atoms with Crippen molar-refractivity contribution < 1.29 is 12.8 Å². The van der Waals surface area contributed by atoms with E-state index in [1.165, 1.54) is 12.1 Å². The minimum atomic E-state index is -3.98. The van der Waals surface area contributed by atoms with Crippen LogP contribution < -0.4 is 10.5 Å². The Kier molecular flexibility index (Phi) is 6.87. The van der Waals surface area contributed by atoms with Gasteiger partial charge in [0, 0.05) is 6.04 Å². The SMILES string of the molecule is Cl.NCC1CCCCC1NS(=O)(=O)c1c(F)cccc1Cl. The highest BCUT2D eigenvalue weighted by Gasteiger charge is 2.31.